The Morgan fingerprint density at radius 2 is 1.88 bits per heavy atom. The summed E-state index contributed by atoms with van der Waals surface area (Å²) >= 11 is 0. The highest BCUT2D eigenvalue weighted by atomic mass is 16.5. The lowest BCUT2D eigenvalue weighted by atomic mass is 10.1. The quantitative estimate of drug-likeness (QED) is 0.551. The van der Waals surface area contributed by atoms with Crippen molar-refractivity contribution in [3.63, 3.8) is 0 Å². The van der Waals surface area contributed by atoms with Gasteiger partial charge in [0.2, 0.25) is 0 Å². The van der Waals surface area contributed by atoms with Crippen molar-refractivity contribution >= 4 is 11.9 Å². The van der Waals surface area contributed by atoms with E-state index in [0.29, 0.717) is 24.5 Å². The molecule has 0 saturated heterocycles. The molecule has 0 unspecified atom stereocenters. The van der Waals surface area contributed by atoms with Crippen LogP contribution in [0.15, 0.2) is 48.5 Å². The van der Waals surface area contributed by atoms with Crippen LogP contribution in [0.25, 0.3) is 0 Å². The Kier molecular flexibility index (Phi) is 7.49. The minimum absolute atomic E-state index is 0.0494. The maximum Gasteiger partial charge on any atom is 0.310 e. The van der Waals surface area contributed by atoms with E-state index in [-0.39, 0.29) is 18.9 Å². The first-order chi connectivity index (χ1) is 12.6. The third-order valence-corrected chi connectivity index (χ3v) is 3.57. The van der Waals surface area contributed by atoms with Crippen molar-refractivity contribution in [1.29, 1.82) is 0 Å². The van der Waals surface area contributed by atoms with Gasteiger partial charge in [-0.1, -0.05) is 30.3 Å². The molecule has 0 saturated carbocycles. The van der Waals surface area contributed by atoms with Gasteiger partial charge in [-0.2, -0.15) is 0 Å². The number of ether oxygens (including phenoxy) is 3. The molecule has 0 fully saturated rings. The molecular formula is C20H23NO5. The predicted molar refractivity (Wildman–Crippen MR) is 97.3 cm³/mol. The van der Waals surface area contributed by atoms with Crippen LogP contribution in [0, 0.1) is 6.92 Å². The SMILES string of the molecule is COc1ccccc1CC(=O)OCC(=O)NCCOc1cccc(C)c1. The molecule has 0 spiro atoms. The monoisotopic (exact) mass is 357 g/mol. The van der Waals surface area contributed by atoms with E-state index in [2.05, 4.69) is 5.32 Å². The van der Waals surface area contributed by atoms with E-state index >= 15 is 0 Å². The lowest BCUT2D eigenvalue weighted by molar-refractivity contribution is -0.147. The summed E-state index contributed by atoms with van der Waals surface area (Å²) in [7, 11) is 1.54. The fraction of sp³-hybridized carbons (Fsp3) is 0.300. The maximum absolute atomic E-state index is 11.8. The lowest BCUT2D eigenvalue weighted by Crippen LogP contribution is -2.32. The van der Waals surface area contributed by atoms with Crippen LogP contribution in [0.4, 0.5) is 0 Å². The topological polar surface area (TPSA) is 73.9 Å². The zero-order valence-electron chi connectivity index (χ0n) is 15.0. The first kappa shape index (κ1) is 19.3. The largest absolute Gasteiger partial charge is 0.496 e. The van der Waals surface area contributed by atoms with E-state index in [1.165, 1.54) is 7.11 Å². The molecule has 0 heterocycles. The van der Waals surface area contributed by atoms with Gasteiger partial charge in [0.05, 0.1) is 20.1 Å². The normalized spacial score (nSPS) is 10.1. The van der Waals surface area contributed by atoms with Gasteiger partial charge in [-0.15, -0.1) is 0 Å². The molecule has 0 aliphatic carbocycles. The highest BCUT2D eigenvalue weighted by Crippen LogP contribution is 2.18. The van der Waals surface area contributed by atoms with Gasteiger partial charge in [0.25, 0.3) is 5.91 Å². The molecule has 0 aliphatic rings. The summed E-state index contributed by atoms with van der Waals surface area (Å²) in [6.45, 7) is 2.33. The Labute approximate surface area is 153 Å². The van der Waals surface area contributed by atoms with Crippen molar-refractivity contribution in [3.05, 3.63) is 59.7 Å². The van der Waals surface area contributed by atoms with Crippen LogP contribution in [0.3, 0.4) is 0 Å². The standard InChI is InChI=1S/C20H23NO5/c1-15-6-5-8-17(12-15)25-11-10-21-19(22)14-26-20(23)13-16-7-3-4-9-18(16)24-2/h3-9,12H,10-11,13-14H2,1-2H3,(H,21,22). The highest BCUT2D eigenvalue weighted by Gasteiger charge is 2.11. The zero-order chi connectivity index (χ0) is 18.8. The van der Waals surface area contributed by atoms with Gasteiger partial charge in [-0.25, -0.2) is 0 Å². The molecule has 2 rings (SSSR count). The van der Waals surface area contributed by atoms with Crippen molar-refractivity contribution in [3.8, 4) is 11.5 Å². The molecule has 6 nitrogen and oxygen atoms in total. The average molecular weight is 357 g/mol. The summed E-state index contributed by atoms with van der Waals surface area (Å²) in [5, 5.41) is 2.64. The van der Waals surface area contributed by atoms with E-state index in [4.69, 9.17) is 14.2 Å². The molecule has 2 aromatic rings. The molecule has 0 aromatic heterocycles. The van der Waals surface area contributed by atoms with Crippen LogP contribution >= 0.6 is 0 Å². The highest BCUT2D eigenvalue weighted by molar-refractivity contribution is 5.81. The Morgan fingerprint density at radius 3 is 2.65 bits per heavy atom. The zero-order valence-corrected chi connectivity index (χ0v) is 15.0. The second-order valence-electron chi connectivity index (χ2n) is 5.66. The summed E-state index contributed by atoms with van der Waals surface area (Å²) in [4.78, 5) is 23.6. The van der Waals surface area contributed by atoms with Gasteiger partial charge < -0.3 is 19.5 Å². The number of carbonyl (C=O) groups excluding carboxylic acids is 2. The molecule has 138 valence electrons. The average Bonchev–Trinajstić information content (AvgIpc) is 2.64. The molecule has 1 amide bonds. The van der Waals surface area contributed by atoms with Gasteiger partial charge in [0.1, 0.15) is 18.1 Å². The van der Waals surface area contributed by atoms with Crippen LogP contribution in [0.1, 0.15) is 11.1 Å². The number of rotatable bonds is 9. The van der Waals surface area contributed by atoms with Crippen LogP contribution < -0.4 is 14.8 Å². The maximum atomic E-state index is 11.8. The van der Waals surface area contributed by atoms with Crippen molar-refractivity contribution in [1.82, 2.24) is 5.32 Å². The third kappa shape index (κ3) is 6.47. The Morgan fingerprint density at radius 1 is 1.08 bits per heavy atom. The van der Waals surface area contributed by atoms with Crippen molar-refractivity contribution in [2.24, 2.45) is 0 Å². The van der Waals surface area contributed by atoms with Crippen LogP contribution in [0.5, 0.6) is 11.5 Å². The van der Waals surface area contributed by atoms with E-state index in [9.17, 15) is 9.59 Å². The lowest BCUT2D eigenvalue weighted by Gasteiger charge is -2.10. The molecule has 0 aliphatic heterocycles. The van der Waals surface area contributed by atoms with E-state index < -0.39 is 5.97 Å². The molecular weight excluding hydrogens is 334 g/mol. The Hall–Kier alpha value is -3.02. The Balaban J connectivity index is 1.64. The number of methoxy groups -OCH3 is 1. The molecule has 6 heteroatoms. The molecule has 1 N–H and O–H groups in total. The van der Waals surface area contributed by atoms with Crippen molar-refractivity contribution in [2.45, 2.75) is 13.3 Å². The number of esters is 1. The second kappa shape index (κ2) is 10.1. The van der Waals surface area contributed by atoms with Crippen LogP contribution in [-0.4, -0.2) is 38.7 Å². The Bertz CT molecular complexity index is 744. The number of nitrogens with one attached hydrogen (secondary N) is 1. The number of amides is 1. The number of benzene rings is 2. The number of hydrogen-bond acceptors (Lipinski definition) is 5. The van der Waals surface area contributed by atoms with Crippen LogP contribution in [-0.2, 0) is 20.7 Å². The molecule has 26 heavy (non-hydrogen) atoms. The van der Waals surface area contributed by atoms with Crippen LogP contribution in [0.2, 0.25) is 0 Å². The fourth-order valence-electron chi connectivity index (χ4n) is 2.32. The molecule has 0 atom stereocenters. The van der Waals surface area contributed by atoms with Gasteiger partial charge >= 0.3 is 5.97 Å². The first-order valence-corrected chi connectivity index (χ1v) is 8.32. The van der Waals surface area contributed by atoms with E-state index in [1.54, 1.807) is 12.1 Å². The van der Waals surface area contributed by atoms with Gasteiger partial charge in [-0.05, 0) is 30.7 Å². The summed E-state index contributed by atoms with van der Waals surface area (Å²) in [6.07, 6.45) is 0.0494. The van der Waals surface area contributed by atoms with Gasteiger partial charge in [0.15, 0.2) is 6.61 Å². The molecule has 0 bridgehead atoms. The van der Waals surface area contributed by atoms with E-state index in [1.807, 2.05) is 43.3 Å². The first-order valence-electron chi connectivity index (χ1n) is 8.32. The minimum Gasteiger partial charge on any atom is -0.496 e. The minimum atomic E-state index is -0.485. The molecule has 0 radical (unpaired) electrons. The summed E-state index contributed by atoms with van der Waals surface area (Å²) in [5.74, 6) is 0.511. The predicted octanol–water partition coefficient (Wildman–Crippen LogP) is 2.28. The number of hydrogen-bond donors (Lipinski definition) is 1. The van der Waals surface area contributed by atoms with Gasteiger partial charge in [0, 0.05) is 5.56 Å². The summed E-state index contributed by atoms with van der Waals surface area (Å²) in [6, 6.07) is 14.8. The second-order valence-corrected chi connectivity index (χ2v) is 5.66. The summed E-state index contributed by atoms with van der Waals surface area (Å²) in [5.41, 5.74) is 1.82. The third-order valence-electron chi connectivity index (χ3n) is 3.57. The number of aryl methyl sites for hydroxylation is 1. The van der Waals surface area contributed by atoms with E-state index in [0.717, 1.165) is 11.3 Å². The fourth-order valence-corrected chi connectivity index (χ4v) is 2.32. The number of para-hydroxylation sites is 1. The number of carbonyl (C=O) groups is 2. The van der Waals surface area contributed by atoms with Crippen molar-refractivity contribution < 1.29 is 23.8 Å². The van der Waals surface area contributed by atoms with Gasteiger partial charge in [-0.3, -0.25) is 9.59 Å². The molecule has 2 aromatic carbocycles. The van der Waals surface area contributed by atoms with Crippen molar-refractivity contribution in [2.75, 3.05) is 26.9 Å². The smallest absolute Gasteiger partial charge is 0.310 e. The summed E-state index contributed by atoms with van der Waals surface area (Å²) < 4.78 is 15.7.